The van der Waals surface area contributed by atoms with Crippen molar-refractivity contribution in [2.45, 2.75) is 33.5 Å². The van der Waals surface area contributed by atoms with E-state index < -0.39 is 0 Å². The zero-order valence-electron chi connectivity index (χ0n) is 13.5. The van der Waals surface area contributed by atoms with Crippen LogP contribution in [0.5, 0.6) is 11.5 Å². The summed E-state index contributed by atoms with van der Waals surface area (Å²) in [5, 5.41) is 0. The highest BCUT2D eigenvalue weighted by Gasteiger charge is 2.04. The molecule has 0 heterocycles. The minimum Gasteiger partial charge on any atom is -0.494 e. The molecular weight excluding hydrogens is 276 g/mol. The highest BCUT2D eigenvalue weighted by molar-refractivity contribution is 5.64. The van der Waals surface area contributed by atoms with Crippen molar-refractivity contribution in [3.63, 3.8) is 0 Å². The van der Waals surface area contributed by atoms with Gasteiger partial charge >= 0.3 is 0 Å². The Morgan fingerprint density at radius 1 is 0.818 bits per heavy atom. The van der Waals surface area contributed by atoms with E-state index in [0.29, 0.717) is 6.61 Å². The predicted molar refractivity (Wildman–Crippen MR) is 89.4 cm³/mol. The molecule has 0 aromatic heterocycles. The normalized spacial score (nSPS) is 12.0. The Morgan fingerprint density at radius 3 is 1.86 bits per heavy atom. The lowest BCUT2D eigenvalue weighted by molar-refractivity contribution is -0.0613. The molecule has 0 spiro atoms. The van der Waals surface area contributed by atoms with Gasteiger partial charge < -0.3 is 14.2 Å². The standard InChI is InChI=1S/C19H24O3/c1-4-14-21-18-10-6-16(7-11-18)17-8-12-19(13-9-17)22-15(3)20-5-2/h6-13,15H,4-5,14H2,1-3H3. The van der Waals surface area contributed by atoms with E-state index in [1.165, 1.54) is 0 Å². The molecule has 22 heavy (non-hydrogen) atoms. The summed E-state index contributed by atoms with van der Waals surface area (Å²) in [6.07, 6.45) is 0.787. The lowest BCUT2D eigenvalue weighted by Crippen LogP contribution is -2.15. The third-order valence-corrected chi connectivity index (χ3v) is 3.22. The Hall–Kier alpha value is -2.00. The third-order valence-electron chi connectivity index (χ3n) is 3.22. The summed E-state index contributed by atoms with van der Waals surface area (Å²) in [5.74, 6) is 1.73. The zero-order chi connectivity index (χ0) is 15.8. The Balaban J connectivity index is 2.00. The van der Waals surface area contributed by atoms with Gasteiger partial charge in [-0.25, -0.2) is 0 Å². The molecule has 0 bridgehead atoms. The van der Waals surface area contributed by atoms with Gasteiger partial charge in [0.2, 0.25) is 0 Å². The van der Waals surface area contributed by atoms with Gasteiger partial charge in [0, 0.05) is 6.61 Å². The maximum Gasteiger partial charge on any atom is 0.196 e. The van der Waals surface area contributed by atoms with Crippen LogP contribution in [0.25, 0.3) is 11.1 Å². The Morgan fingerprint density at radius 2 is 1.36 bits per heavy atom. The predicted octanol–water partition coefficient (Wildman–Crippen LogP) is 4.90. The fraction of sp³-hybridized carbons (Fsp3) is 0.368. The van der Waals surface area contributed by atoms with Crippen molar-refractivity contribution >= 4 is 0 Å². The molecule has 0 amide bonds. The van der Waals surface area contributed by atoms with Crippen molar-refractivity contribution in [3.8, 4) is 22.6 Å². The second kappa shape index (κ2) is 8.44. The van der Waals surface area contributed by atoms with E-state index in [-0.39, 0.29) is 6.29 Å². The average molecular weight is 300 g/mol. The van der Waals surface area contributed by atoms with Gasteiger partial charge in [0.05, 0.1) is 6.61 Å². The molecule has 0 aliphatic rings. The smallest absolute Gasteiger partial charge is 0.196 e. The Bertz CT molecular complexity index is 546. The first-order valence-corrected chi connectivity index (χ1v) is 7.84. The number of hydrogen-bond donors (Lipinski definition) is 0. The summed E-state index contributed by atoms with van der Waals surface area (Å²) in [6, 6.07) is 16.2. The van der Waals surface area contributed by atoms with Gasteiger partial charge in [0.15, 0.2) is 6.29 Å². The fourth-order valence-corrected chi connectivity index (χ4v) is 2.15. The number of benzene rings is 2. The van der Waals surface area contributed by atoms with Crippen molar-refractivity contribution < 1.29 is 14.2 Å². The minimum absolute atomic E-state index is 0.231. The van der Waals surface area contributed by atoms with Crippen LogP contribution in [0.4, 0.5) is 0 Å². The number of rotatable bonds is 8. The largest absolute Gasteiger partial charge is 0.494 e. The molecule has 1 atom stereocenters. The van der Waals surface area contributed by atoms with Crippen molar-refractivity contribution in [2.75, 3.05) is 13.2 Å². The molecule has 2 rings (SSSR count). The molecule has 2 aromatic carbocycles. The lowest BCUT2D eigenvalue weighted by Gasteiger charge is -2.14. The van der Waals surface area contributed by atoms with Gasteiger partial charge in [-0.2, -0.15) is 0 Å². The van der Waals surface area contributed by atoms with Crippen LogP contribution >= 0.6 is 0 Å². The summed E-state index contributed by atoms with van der Waals surface area (Å²) in [6.45, 7) is 7.35. The van der Waals surface area contributed by atoms with Crippen molar-refractivity contribution in [2.24, 2.45) is 0 Å². The monoisotopic (exact) mass is 300 g/mol. The molecule has 0 radical (unpaired) electrons. The molecule has 0 saturated carbocycles. The third kappa shape index (κ3) is 4.78. The summed E-state index contributed by atoms with van der Waals surface area (Å²) in [4.78, 5) is 0. The first-order chi connectivity index (χ1) is 10.7. The first kappa shape index (κ1) is 16.4. The second-order valence-electron chi connectivity index (χ2n) is 5.04. The molecule has 0 aliphatic carbocycles. The molecule has 0 saturated heterocycles. The number of hydrogen-bond acceptors (Lipinski definition) is 3. The van der Waals surface area contributed by atoms with E-state index in [9.17, 15) is 0 Å². The molecule has 3 nitrogen and oxygen atoms in total. The average Bonchev–Trinajstić information content (AvgIpc) is 2.54. The Kier molecular flexibility index (Phi) is 6.28. The van der Waals surface area contributed by atoms with Crippen LogP contribution in [-0.2, 0) is 4.74 Å². The molecule has 0 N–H and O–H groups in total. The topological polar surface area (TPSA) is 27.7 Å². The van der Waals surface area contributed by atoms with Gasteiger partial charge in [0.1, 0.15) is 11.5 Å². The van der Waals surface area contributed by atoms with Gasteiger partial charge in [-0.05, 0) is 55.7 Å². The lowest BCUT2D eigenvalue weighted by atomic mass is 10.1. The molecule has 0 fully saturated rings. The highest BCUT2D eigenvalue weighted by Crippen LogP contribution is 2.25. The summed E-state index contributed by atoms with van der Waals surface area (Å²) in [7, 11) is 0. The fourth-order valence-electron chi connectivity index (χ4n) is 2.15. The van der Waals surface area contributed by atoms with Crippen molar-refractivity contribution in [1.82, 2.24) is 0 Å². The number of ether oxygens (including phenoxy) is 3. The van der Waals surface area contributed by atoms with Crippen LogP contribution in [0.2, 0.25) is 0 Å². The van der Waals surface area contributed by atoms with Crippen LogP contribution in [0, 0.1) is 0 Å². The molecule has 0 aliphatic heterocycles. The van der Waals surface area contributed by atoms with E-state index in [1.807, 2.05) is 38.1 Å². The van der Waals surface area contributed by atoms with E-state index in [4.69, 9.17) is 14.2 Å². The summed E-state index contributed by atoms with van der Waals surface area (Å²) in [5.41, 5.74) is 2.31. The van der Waals surface area contributed by atoms with E-state index >= 15 is 0 Å². The second-order valence-corrected chi connectivity index (χ2v) is 5.04. The highest BCUT2D eigenvalue weighted by atomic mass is 16.7. The molecule has 118 valence electrons. The summed E-state index contributed by atoms with van der Waals surface area (Å²) < 4.78 is 16.6. The first-order valence-electron chi connectivity index (χ1n) is 7.84. The van der Waals surface area contributed by atoms with Crippen molar-refractivity contribution in [3.05, 3.63) is 48.5 Å². The maximum absolute atomic E-state index is 5.67. The molecular formula is C19H24O3. The quantitative estimate of drug-likeness (QED) is 0.649. The van der Waals surface area contributed by atoms with Crippen LogP contribution < -0.4 is 9.47 Å². The minimum atomic E-state index is -0.231. The van der Waals surface area contributed by atoms with Crippen LogP contribution in [0.3, 0.4) is 0 Å². The van der Waals surface area contributed by atoms with Crippen LogP contribution in [0.1, 0.15) is 27.2 Å². The van der Waals surface area contributed by atoms with Gasteiger partial charge in [-0.1, -0.05) is 31.2 Å². The van der Waals surface area contributed by atoms with E-state index in [2.05, 4.69) is 31.2 Å². The summed E-state index contributed by atoms with van der Waals surface area (Å²) >= 11 is 0. The van der Waals surface area contributed by atoms with Crippen molar-refractivity contribution in [1.29, 1.82) is 0 Å². The Labute approximate surface area is 132 Å². The van der Waals surface area contributed by atoms with Gasteiger partial charge in [0.25, 0.3) is 0 Å². The zero-order valence-corrected chi connectivity index (χ0v) is 13.5. The van der Waals surface area contributed by atoms with E-state index in [1.54, 1.807) is 0 Å². The van der Waals surface area contributed by atoms with Crippen LogP contribution in [-0.4, -0.2) is 19.5 Å². The van der Waals surface area contributed by atoms with Gasteiger partial charge in [-0.3, -0.25) is 0 Å². The van der Waals surface area contributed by atoms with Gasteiger partial charge in [-0.15, -0.1) is 0 Å². The molecule has 1 unspecified atom stereocenters. The van der Waals surface area contributed by atoms with E-state index in [0.717, 1.165) is 35.7 Å². The maximum atomic E-state index is 5.67. The molecule has 3 heteroatoms. The SMILES string of the molecule is CCCOc1ccc(-c2ccc(OC(C)OCC)cc2)cc1. The molecule has 2 aromatic rings. The van der Waals surface area contributed by atoms with Crippen LogP contribution in [0.15, 0.2) is 48.5 Å².